The summed E-state index contributed by atoms with van der Waals surface area (Å²) in [5.41, 5.74) is 0.865. The Morgan fingerprint density at radius 1 is 1.22 bits per heavy atom. The Labute approximate surface area is 159 Å². The van der Waals surface area contributed by atoms with Crippen LogP contribution in [-0.2, 0) is 11.3 Å². The highest BCUT2D eigenvalue weighted by molar-refractivity contribution is 5.84. The number of likely N-dealkylation sites (tertiary alicyclic amines) is 1. The molecule has 2 atom stereocenters. The van der Waals surface area contributed by atoms with E-state index in [1.807, 2.05) is 11.0 Å². The summed E-state index contributed by atoms with van der Waals surface area (Å²) in [4.78, 5) is 16.8. The van der Waals surface area contributed by atoms with E-state index >= 15 is 0 Å². The van der Waals surface area contributed by atoms with Gasteiger partial charge in [-0.15, -0.1) is 0 Å². The molecule has 2 aliphatic heterocycles. The first-order chi connectivity index (χ1) is 13.1. The van der Waals surface area contributed by atoms with Crippen LogP contribution >= 0.6 is 0 Å². The number of amides is 1. The molecule has 0 spiro atoms. The van der Waals surface area contributed by atoms with Gasteiger partial charge in [-0.1, -0.05) is 25.0 Å². The first kappa shape index (κ1) is 20.0. The number of benzene rings is 1. The Bertz CT molecular complexity index is 607. The molecule has 2 unspecified atom stereocenters. The van der Waals surface area contributed by atoms with Crippen molar-refractivity contribution >= 4 is 5.91 Å². The summed E-state index contributed by atoms with van der Waals surface area (Å²) in [6.07, 6.45) is 6.22. The van der Waals surface area contributed by atoms with Gasteiger partial charge in [0.05, 0.1) is 0 Å². The van der Waals surface area contributed by atoms with Gasteiger partial charge in [-0.25, -0.2) is 0 Å². The first-order valence-electron chi connectivity index (χ1n) is 9.90. The molecule has 0 bridgehead atoms. The smallest absolute Gasteiger partial charge is 0.387 e. The number of nitrogens with zero attached hydrogens (tertiary/aromatic N) is 2. The molecule has 2 fully saturated rings. The minimum atomic E-state index is -2.82. The number of halogens is 2. The second-order valence-electron chi connectivity index (χ2n) is 7.37. The minimum Gasteiger partial charge on any atom is -0.435 e. The van der Waals surface area contributed by atoms with Crippen molar-refractivity contribution in [2.24, 2.45) is 0 Å². The fourth-order valence-corrected chi connectivity index (χ4v) is 3.64. The van der Waals surface area contributed by atoms with E-state index in [1.165, 1.54) is 44.8 Å². The van der Waals surface area contributed by atoms with Gasteiger partial charge in [0.1, 0.15) is 11.8 Å². The van der Waals surface area contributed by atoms with Crippen molar-refractivity contribution in [1.29, 1.82) is 0 Å². The van der Waals surface area contributed by atoms with Crippen molar-refractivity contribution in [2.45, 2.75) is 51.3 Å². The zero-order valence-electron chi connectivity index (χ0n) is 15.7. The van der Waals surface area contributed by atoms with Crippen LogP contribution in [0.25, 0.3) is 0 Å². The molecule has 1 aromatic carbocycles. The fourth-order valence-electron chi connectivity index (χ4n) is 3.64. The van der Waals surface area contributed by atoms with Gasteiger partial charge in [-0.3, -0.25) is 9.69 Å². The number of carbonyl (C=O) groups is 1. The van der Waals surface area contributed by atoms with E-state index < -0.39 is 6.61 Å². The molecule has 2 saturated heterocycles. The van der Waals surface area contributed by atoms with Gasteiger partial charge >= 0.3 is 6.61 Å². The Morgan fingerprint density at radius 2 is 2.00 bits per heavy atom. The number of rotatable bonds is 9. The highest BCUT2D eigenvalue weighted by Gasteiger charge is 2.39. The maximum atomic E-state index is 12.3. The third kappa shape index (κ3) is 6.74. The summed E-state index contributed by atoms with van der Waals surface area (Å²) in [5, 5.41) is 3.02. The van der Waals surface area contributed by atoms with Crippen molar-refractivity contribution in [3.05, 3.63) is 29.8 Å². The second kappa shape index (κ2) is 9.99. The summed E-state index contributed by atoms with van der Waals surface area (Å²) in [6, 6.07) is 6.54. The Kier molecular flexibility index (Phi) is 7.41. The summed E-state index contributed by atoms with van der Waals surface area (Å²) >= 11 is 0. The monoisotopic (exact) mass is 381 g/mol. The molecule has 1 aromatic rings. The van der Waals surface area contributed by atoms with Crippen LogP contribution in [0.2, 0.25) is 0 Å². The molecular weight excluding hydrogens is 352 g/mol. The molecule has 0 saturated carbocycles. The normalized spacial score (nSPS) is 23.1. The summed E-state index contributed by atoms with van der Waals surface area (Å²) < 4.78 is 29.0. The van der Waals surface area contributed by atoms with E-state index in [9.17, 15) is 13.6 Å². The number of ether oxygens (including phenoxy) is 1. The Morgan fingerprint density at radius 3 is 2.74 bits per heavy atom. The maximum Gasteiger partial charge on any atom is 0.387 e. The molecule has 7 heteroatoms. The molecule has 1 N–H and O–H groups in total. The molecule has 2 heterocycles. The van der Waals surface area contributed by atoms with Crippen LogP contribution in [0.4, 0.5) is 8.78 Å². The lowest BCUT2D eigenvalue weighted by molar-refractivity contribution is -0.121. The standard InChI is InChI=1S/C20H29F2N3O2/c21-20(22)27-17-8-5-7-16(13-17)14-25-15-18(25)19(26)23-9-6-12-24-10-3-1-2-4-11-24/h5,7-8,13,18,20H,1-4,6,9-12,14-15H2,(H,23,26). The van der Waals surface area contributed by atoms with Crippen LogP contribution < -0.4 is 10.1 Å². The number of carbonyl (C=O) groups excluding carboxylic acids is 1. The van der Waals surface area contributed by atoms with Gasteiger partial charge in [0.2, 0.25) is 5.91 Å². The summed E-state index contributed by atoms with van der Waals surface area (Å²) in [6.45, 7) is 2.55. The van der Waals surface area contributed by atoms with Crippen LogP contribution in [0.3, 0.4) is 0 Å². The third-order valence-electron chi connectivity index (χ3n) is 5.18. The van der Waals surface area contributed by atoms with Gasteiger partial charge < -0.3 is 15.0 Å². The van der Waals surface area contributed by atoms with E-state index in [0.29, 0.717) is 19.6 Å². The lowest BCUT2D eigenvalue weighted by Crippen LogP contribution is -2.33. The van der Waals surface area contributed by atoms with Crippen molar-refractivity contribution in [2.75, 3.05) is 32.7 Å². The molecule has 5 nitrogen and oxygen atoms in total. The highest BCUT2D eigenvalue weighted by Crippen LogP contribution is 2.24. The van der Waals surface area contributed by atoms with E-state index in [0.717, 1.165) is 18.5 Å². The first-order valence-corrected chi connectivity index (χ1v) is 9.90. The molecule has 0 radical (unpaired) electrons. The molecule has 0 aliphatic carbocycles. The fraction of sp³-hybridized carbons (Fsp3) is 0.650. The summed E-state index contributed by atoms with van der Waals surface area (Å²) in [7, 11) is 0. The van der Waals surface area contributed by atoms with Crippen LogP contribution in [0.15, 0.2) is 24.3 Å². The summed E-state index contributed by atoms with van der Waals surface area (Å²) in [5.74, 6) is 0.213. The van der Waals surface area contributed by atoms with Gasteiger partial charge in [-0.2, -0.15) is 8.78 Å². The van der Waals surface area contributed by atoms with E-state index in [-0.39, 0.29) is 17.7 Å². The maximum absolute atomic E-state index is 12.3. The zero-order valence-corrected chi connectivity index (χ0v) is 15.7. The largest absolute Gasteiger partial charge is 0.435 e. The van der Waals surface area contributed by atoms with Crippen LogP contribution in [-0.4, -0.2) is 61.1 Å². The third-order valence-corrected chi connectivity index (χ3v) is 5.18. The Balaban J connectivity index is 1.33. The van der Waals surface area contributed by atoms with E-state index in [2.05, 4.69) is 15.0 Å². The average molecular weight is 381 g/mol. The Hall–Kier alpha value is -1.73. The van der Waals surface area contributed by atoms with Crippen molar-refractivity contribution < 1.29 is 18.3 Å². The number of alkyl halides is 2. The zero-order chi connectivity index (χ0) is 19.1. The minimum absolute atomic E-state index is 0.0610. The van der Waals surface area contributed by atoms with Crippen molar-refractivity contribution in [1.82, 2.24) is 15.1 Å². The number of nitrogens with one attached hydrogen (secondary N) is 1. The predicted molar refractivity (Wildman–Crippen MR) is 99.8 cm³/mol. The van der Waals surface area contributed by atoms with Crippen molar-refractivity contribution in [3.8, 4) is 5.75 Å². The van der Waals surface area contributed by atoms with Gasteiger partial charge in [0, 0.05) is 19.6 Å². The number of hydrogen-bond donors (Lipinski definition) is 1. The van der Waals surface area contributed by atoms with Crippen LogP contribution in [0.5, 0.6) is 5.75 Å². The molecule has 1 amide bonds. The lowest BCUT2D eigenvalue weighted by Gasteiger charge is -2.19. The molecule has 27 heavy (non-hydrogen) atoms. The van der Waals surface area contributed by atoms with Gasteiger partial charge in [-0.05, 0) is 56.6 Å². The molecule has 2 aliphatic rings. The highest BCUT2D eigenvalue weighted by atomic mass is 19.3. The average Bonchev–Trinajstić information content (AvgIpc) is 3.42. The lowest BCUT2D eigenvalue weighted by atomic mass is 10.2. The van der Waals surface area contributed by atoms with E-state index in [4.69, 9.17) is 0 Å². The molecular formula is C20H29F2N3O2. The molecule has 3 rings (SSSR count). The van der Waals surface area contributed by atoms with Crippen LogP contribution in [0.1, 0.15) is 37.7 Å². The van der Waals surface area contributed by atoms with Gasteiger partial charge in [0.15, 0.2) is 0 Å². The molecule has 150 valence electrons. The second-order valence-corrected chi connectivity index (χ2v) is 7.37. The molecule has 0 aromatic heterocycles. The quantitative estimate of drug-likeness (QED) is 0.528. The topological polar surface area (TPSA) is 44.6 Å². The van der Waals surface area contributed by atoms with E-state index in [1.54, 1.807) is 12.1 Å². The van der Waals surface area contributed by atoms with Gasteiger partial charge in [0.25, 0.3) is 0 Å². The predicted octanol–water partition coefficient (Wildman–Crippen LogP) is 2.85. The number of hydrogen-bond acceptors (Lipinski definition) is 4. The van der Waals surface area contributed by atoms with Crippen LogP contribution in [0, 0.1) is 0 Å². The van der Waals surface area contributed by atoms with Crippen molar-refractivity contribution in [3.63, 3.8) is 0 Å². The SMILES string of the molecule is O=C(NCCCN1CCCCCC1)C1CN1Cc1cccc(OC(F)F)c1.